The Labute approximate surface area is 152 Å². The predicted octanol–water partition coefficient (Wildman–Crippen LogP) is 4.22. The van der Waals surface area contributed by atoms with Gasteiger partial charge in [0.1, 0.15) is 0 Å². The summed E-state index contributed by atoms with van der Waals surface area (Å²) < 4.78 is 0. The molecule has 2 N–H and O–H groups in total. The number of hydrogen-bond donors (Lipinski definition) is 2. The van der Waals surface area contributed by atoms with Gasteiger partial charge < -0.3 is 10.3 Å². The maximum absolute atomic E-state index is 12.3. The third kappa shape index (κ3) is 2.29. The molecule has 1 aliphatic carbocycles. The van der Waals surface area contributed by atoms with E-state index in [2.05, 4.69) is 52.5 Å². The summed E-state index contributed by atoms with van der Waals surface area (Å²) in [5.74, 6) is 0.0350. The molecule has 1 fully saturated rings. The third-order valence-electron chi connectivity index (χ3n) is 5.91. The first-order chi connectivity index (χ1) is 12.6. The van der Waals surface area contributed by atoms with Crippen molar-refractivity contribution in [1.82, 2.24) is 15.3 Å². The second kappa shape index (κ2) is 5.56. The minimum atomic E-state index is 0.0350. The number of carbonyl (C=O) groups is 1. The first-order valence-corrected chi connectivity index (χ1v) is 9.20. The summed E-state index contributed by atoms with van der Waals surface area (Å²) in [7, 11) is 0. The molecule has 4 nitrogen and oxygen atoms in total. The van der Waals surface area contributed by atoms with E-state index in [0.29, 0.717) is 0 Å². The van der Waals surface area contributed by atoms with Crippen LogP contribution in [0, 0.1) is 6.92 Å². The lowest BCUT2D eigenvalue weighted by molar-refractivity contribution is 0.0893. The minimum absolute atomic E-state index is 0.0350. The van der Waals surface area contributed by atoms with E-state index in [-0.39, 0.29) is 11.3 Å². The number of carbonyl (C=O) groups excluding carboxylic acids is 1. The zero-order chi connectivity index (χ0) is 17.7. The summed E-state index contributed by atoms with van der Waals surface area (Å²) in [5.41, 5.74) is 7.38. The van der Waals surface area contributed by atoms with Crippen molar-refractivity contribution in [2.45, 2.75) is 31.6 Å². The van der Waals surface area contributed by atoms with Gasteiger partial charge in [0.2, 0.25) is 0 Å². The van der Waals surface area contributed by atoms with Crippen molar-refractivity contribution in [2.75, 3.05) is 6.54 Å². The zero-order valence-electron chi connectivity index (χ0n) is 14.8. The van der Waals surface area contributed by atoms with Gasteiger partial charge in [-0.05, 0) is 38.0 Å². The van der Waals surface area contributed by atoms with E-state index in [1.54, 1.807) is 0 Å². The molecule has 5 rings (SSSR count). The van der Waals surface area contributed by atoms with E-state index in [4.69, 9.17) is 0 Å². The van der Waals surface area contributed by atoms with E-state index in [1.807, 2.05) is 18.3 Å². The zero-order valence-corrected chi connectivity index (χ0v) is 14.8. The number of nitrogens with zero attached hydrogens (tertiary/aromatic N) is 1. The molecule has 3 heterocycles. The highest BCUT2D eigenvalue weighted by molar-refractivity contribution is 5.98. The lowest BCUT2D eigenvalue weighted by atomic mass is 9.64. The van der Waals surface area contributed by atoms with Crippen LogP contribution in [0.25, 0.3) is 22.5 Å². The average molecular weight is 343 g/mol. The number of aromatic nitrogens is 2. The normalized spacial score (nSPS) is 17.5. The van der Waals surface area contributed by atoms with Gasteiger partial charge in [-0.25, -0.2) is 0 Å². The lowest BCUT2D eigenvalue weighted by Crippen LogP contribution is -2.50. The van der Waals surface area contributed by atoms with Gasteiger partial charge in [0.15, 0.2) is 0 Å². The van der Waals surface area contributed by atoms with E-state index in [1.165, 1.54) is 12.0 Å². The van der Waals surface area contributed by atoms with Crippen molar-refractivity contribution in [2.24, 2.45) is 0 Å². The van der Waals surface area contributed by atoms with Crippen LogP contribution in [-0.4, -0.2) is 22.4 Å². The van der Waals surface area contributed by atoms with Gasteiger partial charge in [-0.1, -0.05) is 36.2 Å². The van der Waals surface area contributed by atoms with E-state index in [9.17, 15) is 4.79 Å². The molecule has 1 spiro atoms. The van der Waals surface area contributed by atoms with Crippen molar-refractivity contribution in [1.29, 1.82) is 0 Å². The number of amides is 1. The van der Waals surface area contributed by atoms with E-state index in [0.717, 1.165) is 53.2 Å². The van der Waals surface area contributed by atoms with Crippen LogP contribution in [0.3, 0.4) is 0 Å². The van der Waals surface area contributed by atoms with Gasteiger partial charge in [-0.15, -0.1) is 0 Å². The molecule has 0 bridgehead atoms. The average Bonchev–Trinajstić information content (AvgIpc) is 3.08. The summed E-state index contributed by atoms with van der Waals surface area (Å²) in [5, 5.41) is 3.07. The quantitative estimate of drug-likeness (QED) is 0.732. The van der Waals surface area contributed by atoms with Crippen molar-refractivity contribution in [3.8, 4) is 22.5 Å². The van der Waals surface area contributed by atoms with Crippen LogP contribution in [0.5, 0.6) is 0 Å². The number of aromatic amines is 1. The molecule has 1 aromatic carbocycles. The molecule has 0 atom stereocenters. The summed E-state index contributed by atoms with van der Waals surface area (Å²) in [6, 6.07) is 14.5. The van der Waals surface area contributed by atoms with Crippen LogP contribution in [0.1, 0.15) is 40.9 Å². The van der Waals surface area contributed by atoms with Crippen LogP contribution in [0.4, 0.5) is 0 Å². The molecule has 0 radical (unpaired) electrons. The van der Waals surface area contributed by atoms with Crippen LogP contribution in [0.2, 0.25) is 0 Å². The molecule has 130 valence electrons. The summed E-state index contributed by atoms with van der Waals surface area (Å²) >= 11 is 0. The van der Waals surface area contributed by atoms with Gasteiger partial charge in [-0.2, -0.15) is 0 Å². The molecule has 2 aromatic heterocycles. The van der Waals surface area contributed by atoms with Crippen LogP contribution < -0.4 is 5.32 Å². The molecular weight excluding hydrogens is 322 g/mol. The van der Waals surface area contributed by atoms with E-state index >= 15 is 0 Å². The van der Waals surface area contributed by atoms with Crippen LogP contribution in [0.15, 0.2) is 48.7 Å². The standard InChI is InChI=1S/C22H21N3O/c1-14-3-5-15(6-4-14)18-11-16(7-10-23-18)19-12-17-20(25-19)22(8-2-9-22)13-24-21(17)26/h3-7,10-12,25H,2,8-9,13H2,1H3,(H,24,26). The first-order valence-electron chi connectivity index (χ1n) is 9.20. The molecule has 1 amide bonds. The second-order valence-electron chi connectivity index (χ2n) is 7.58. The highest BCUT2D eigenvalue weighted by Gasteiger charge is 2.45. The molecule has 1 aliphatic heterocycles. The van der Waals surface area contributed by atoms with Crippen LogP contribution in [-0.2, 0) is 5.41 Å². The number of benzene rings is 1. The highest BCUT2D eigenvalue weighted by atomic mass is 16.1. The number of H-pyrrole nitrogens is 1. The molecule has 4 heteroatoms. The second-order valence-corrected chi connectivity index (χ2v) is 7.58. The summed E-state index contributed by atoms with van der Waals surface area (Å²) in [4.78, 5) is 20.4. The number of fused-ring (bicyclic) bond motifs is 2. The Morgan fingerprint density at radius 1 is 1.04 bits per heavy atom. The number of aryl methyl sites for hydroxylation is 1. The molecule has 3 aromatic rings. The number of hydrogen-bond acceptors (Lipinski definition) is 2. The van der Waals surface area contributed by atoms with E-state index < -0.39 is 0 Å². The van der Waals surface area contributed by atoms with Gasteiger partial charge in [0.05, 0.1) is 11.3 Å². The van der Waals surface area contributed by atoms with Gasteiger partial charge in [-0.3, -0.25) is 9.78 Å². The summed E-state index contributed by atoms with van der Waals surface area (Å²) in [6.07, 6.45) is 5.36. The Kier molecular flexibility index (Phi) is 3.29. The van der Waals surface area contributed by atoms with Crippen molar-refractivity contribution < 1.29 is 4.79 Å². The molecule has 26 heavy (non-hydrogen) atoms. The Hall–Kier alpha value is -2.88. The smallest absolute Gasteiger partial charge is 0.253 e. The van der Waals surface area contributed by atoms with Crippen molar-refractivity contribution >= 4 is 5.91 Å². The SMILES string of the molecule is Cc1ccc(-c2cc(-c3cc4c([nH]3)C3(CCC3)CNC4=O)ccn2)cc1. The number of nitrogens with one attached hydrogen (secondary N) is 2. The lowest BCUT2D eigenvalue weighted by Gasteiger charge is -2.44. The van der Waals surface area contributed by atoms with Gasteiger partial charge in [0, 0.05) is 40.7 Å². The fourth-order valence-corrected chi connectivity index (χ4v) is 4.15. The van der Waals surface area contributed by atoms with Crippen LogP contribution >= 0.6 is 0 Å². The Balaban J connectivity index is 1.57. The predicted molar refractivity (Wildman–Crippen MR) is 102 cm³/mol. The molecule has 2 aliphatic rings. The monoisotopic (exact) mass is 343 g/mol. The molecule has 1 saturated carbocycles. The fraction of sp³-hybridized carbons (Fsp3) is 0.273. The first kappa shape index (κ1) is 15.4. The Morgan fingerprint density at radius 3 is 2.58 bits per heavy atom. The highest BCUT2D eigenvalue weighted by Crippen LogP contribution is 2.46. The largest absolute Gasteiger partial charge is 0.357 e. The van der Waals surface area contributed by atoms with Crippen molar-refractivity contribution in [3.63, 3.8) is 0 Å². The third-order valence-corrected chi connectivity index (χ3v) is 5.91. The molecule has 0 saturated heterocycles. The topological polar surface area (TPSA) is 57.8 Å². The fourth-order valence-electron chi connectivity index (χ4n) is 4.15. The maximum atomic E-state index is 12.3. The Bertz CT molecular complexity index is 996. The number of pyridine rings is 1. The van der Waals surface area contributed by atoms with Crippen molar-refractivity contribution in [3.05, 3.63) is 65.5 Å². The number of rotatable bonds is 2. The Morgan fingerprint density at radius 2 is 1.85 bits per heavy atom. The maximum Gasteiger partial charge on any atom is 0.253 e. The van der Waals surface area contributed by atoms with Gasteiger partial charge >= 0.3 is 0 Å². The summed E-state index contributed by atoms with van der Waals surface area (Å²) in [6.45, 7) is 2.84. The minimum Gasteiger partial charge on any atom is -0.357 e. The molecular formula is C22H21N3O. The molecule has 0 unspecified atom stereocenters. The van der Waals surface area contributed by atoms with Gasteiger partial charge in [0.25, 0.3) is 5.91 Å².